The van der Waals surface area contributed by atoms with Gasteiger partial charge in [-0.25, -0.2) is 4.79 Å². The maximum atomic E-state index is 11.8. The van der Waals surface area contributed by atoms with E-state index in [4.69, 9.17) is 9.47 Å². The molecule has 4 heteroatoms. The van der Waals surface area contributed by atoms with E-state index in [9.17, 15) is 9.90 Å². The maximum absolute atomic E-state index is 11.8. The number of rotatable bonds is 3. The van der Waals surface area contributed by atoms with Crippen molar-refractivity contribution in [1.29, 1.82) is 0 Å². The number of benzene rings is 2. The van der Waals surface area contributed by atoms with E-state index in [1.165, 1.54) is 0 Å². The minimum absolute atomic E-state index is 0.217. The highest BCUT2D eigenvalue weighted by atomic mass is 16.7. The SMILES string of the molecule is CC(C)(C)OC(=O)Oc1ccccc1Cc1ccccc1O. The van der Waals surface area contributed by atoms with Crippen LogP contribution < -0.4 is 4.74 Å². The third-order valence-electron chi connectivity index (χ3n) is 2.93. The molecule has 22 heavy (non-hydrogen) atoms. The molecule has 0 saturated carbocycles. The Balaban J connectivity index is 2.17. The fourth-order valence-corrected chi connectivity index (χ4v) is 1.98. The Morgan fingerprint density at radius 2 is 1.59 bits per heavy atom. The monoisotopic (exact) mass is 300 g/mol. The van der Waals surface area contributed by atoms with Gasteiger partial charge in [-0.3, -0.25) is 0 Å². The van der Waals surface area contributed by atoms with Gasteiger partial charge in [-0.05, 0) is 44.0 Å². The standard InChI is InChI=1S/C18H20O4/c1-18(2,3)22-17(20)21-16-11-7-5-9-14(16)12-13-8-4-6-10-15(13)19/h4-11,19H,12H2,1-3H3. The minimum atomic E-state index is -0.739. The fourth-order valence-electron chi connectivity index (χ4n) is 1.98. The second kappa shape index (κ2) is 6.52. The van der Waals surface area contributed by atoms with Crippen LogP contribution >= 0.6 is 0 Å². The molecule has 0 aromatic heterocycles. The van der Waals surface area contributed by atoms with E-state index in [0.29, 0.717) is 12.2 Å². The smallest absolute Gasteiger partial charge is 0.508 e. The molecule has 116 valence electrons. The average Bonchev–Trinajstić information content (AvgIpc) is 2.41. The van der Waals surface area contributed by atoms with Crippen LogP contribution in [0, 0.1) is 0 Å². The first-order chi connectivity index (χ1) is 10.3. The second-order valence-corrected chi connectivity index (χ2v) is 5.98. The molecule has 4 nitrogen and oxygen atoms in total. The molecule has 0 aliphatic heterocycles. The zero-order chi connectivity index (χ0) is 16.2. The van der Waals surface area contributed by atoms with Crippen LogP contribution in [0.1, 0.15) is 31.9 Å². The molecule has 0 heterocycles. The van der Waals surface area contributed by atoms with Gasteiger partial charge in [-0.2, -0.15) is 0 Å². The molecule has 0 atom stereocenters. The molecule has 0 aliphatic rings. The third-order valence-corrected chi connectivity index (χ3v) is 2.93. The number of phenols is 1. The van der Waals surface area contributed by atoms with E-state index >= 15 is 0 Å². The Bertz CT molecular complexity index is 656. The van der Waals surface area contributed by atoms with Crippen molar-refractivity contribution in [1.82, 2.24) is 0 Å². The fraction of sp³-hybridized carbons (Fsp3) is 0.278. The molecule has 0 aliphatic carbocycles. The van der Waals surface area contributed by atoms with Gasteiger partial charge in [0.15, 0.2) is 0 Å². The first-order valence-electron chi connectivity index (χ1n) is 7.11. The Labute approximate surface area is 130 Å². The predicted octanol–water partition coefficient (Wildman–Crippen LogP) is 4.30. The van der Waals surface area contributed by atoms with E-state index in [2.05, 4.69) is 0 Å². The molecule has 2 aromatic carbocycles. The van der Waals surface area contributed by atoms with Gasteiger partial charge < -0.3 is 14.6 Å². The van der Waals surface area contributed by atoms with Crippen LogP contribution in [-0.2, 0) is 11.2 Å². The number of ether oxygens (including phenoxy) is 2. The first-order valence-corrected chi connectivity index (χ1v) is 7.11. The molecule has 0 amide bonds. The van der Waals surface area contributed by atoms with Gasteiger partial charge in [0.25, 0.3) is 0 Å². The molecular weight excluding hydrogens is 280 g/mol. The third kappa shape index (κ3) is 4.52. The molecule has 0 bridgehead atoms. The Hall–Kier alpha value is -2.49. The van der Waals surface area contributed by atoms with Crippen LogP contribution in [0.25, 0.3) is 0 Å². The zero-order valence-electron chi connectivity index (χ0n) is 13.0. The van der Waals surface area contributed by atoms with Crippen molar-refractivity contribution >= 4 is 6.16 Å². The largest absolute Gasteiger partial charge is 0.514 e. The molecule has 2 aromatic rings. The number of hydrogen-bond donors (Lipinski definition) is 1. The molecular formula is C18H20O4. The quantitative estimate of drug-likeness (QED) is 0.678. The van der Waals surface area contributed by atoms with Gasteiger partial charge >= 0.3 is 6.16 Å². The van der Waals surface area contributed by atoms with Crippen LogP contribution in [0.4, 0.5) is 4.79 Å². The normalized spacial score (nSPS) is 11.0. The van der Waals surface area contributed by atoms with Crippen LogP contribution in [0.15, 0.2) is 48.5 Å². The summed E-state index contributed by atoms with van der Waals surface area (Å²) in [4.78, 5) is 11.8. The molecule has 0 saturated heterocycles. The van der Waals surface area contributed by atoms with Crippen LogP contribution in [0.5, 0.6) is 11.5 Å². The number of carbonyl (C=O) groups is 1. The van der Waals surface area contributed by atoms with Gasteiger partial charge in [-0.15, -0.1) is 0 Å². The highest BCUT2D eigenvalue weighted by Crippen LogP contribution is 2.26. The summed E-state index contributed by atoms with van der Waals surface area (Å²) in [5, 5.41) is 9.87. The lowest BCUT2D eigenvalue weighted by molar-refractivity contribution is 0.0204. The predicted molar refractivity (Wildman–Crippen MR) is 84.2 cm³/mol. The molecule has 0 fully saturated rings. The van der Waals surface area contributed by atoms with Crippen molar-refractivity contribution in [3.63, 3.8) is 0 Å². The first kappa shape index (κ1) is 15.9. The van der Waals surface area contributed by atoms with Crippen LogP contribution in [-0.4, -0.2) is 16.9 Å². The number of hydrogen-bond acceptors (Lipinski definition) is 4. The summed E-state index contributed by atoms with van der Waals surface area (Å²) in [6, 6.07) is 14.3. The summed E-state index contributed by atoms with van der Waals surface area (Å²) < 4.78 is 10.5. The number of phenolic OH excluding ortho intramolecular Hbond substituents is 1. The van der Waals surface area contributed by atoms with E-state index in [0.717, 1.165) is 11.1 Å². The number of carbonyl (C=O) groups excluding carboxylic acids is 1. The van der Waals surface area contributed by atoms with E-state index in [-0.39, 0.29) is 5.75 Å². The maximum Gasteiger partial charge on any atom is 0.514 e. The van der Waals surface area contributed by atoms with E-state index < -0.39 is 11.8 Å². The lowest BCUT2D eigenvalue weighted by atomic mass is 10.0. The van der Waals surface area contributed by atoms with Crippen molar-refractivity contribution < 1.29 is 19.4 Å². The van der Waals surface area contributed by atoms with E-state index in [1.807, 2.05) is 24.3 Å². The van der Waals surface area contributed by atoms with Gasteiger partial charge in [0.2, 0.25) is 0 Å². The summed E-state index contributed by atoms with van der Waals surface area (Å²) >= 11 is 0. The lowest BCUT2D eigenvalue weighted by Gasteiger charge is -2.19. The summed E-state index contributed by atoms with van der Waals surface area (Å²) in [6.45, 7) is 5.34. The number of para-hydroxylation sites is 2. The molecule has 0 radical (unpaired) electrons. The topological polar surface area (TPSA) is 55.8 Å². The highest BCUT2D eigenvalue weighted by Gasteiger charge is 2.19. The molecule has 0 unspecified atom stereocenters. The summed E-state index contributed by atoms with van der Waals surface area (Å²) in [5.41, 5.74) is 0.960. The Morgan fingerprint density at radius 1 is 1.00 bits per heavy atom. The van der Waals surface area contributed by atoms with Gasteiger partial charge in [0.05, 0.1) is 0 Å². The Kier molecular flexibility index (Phi) is 4.71. The van der Waals surface area contributed by atoms with Crippen molar-refractivity contribution in [3.8, 4) is 11.5 Å². The summed E-state index contributed by atoms with van der Waals surface area (Å²) in [6.07, 6.45) is -0.275. The summed E-state index contributed by atoms with van der Waals surface area (Å²) in [7, 11) is 0. The Morgan fingerprint density at radius 3 is 2.23 bits per heavy atom. The molecule has 0 spiro atoms. The minimum Gasteiger partial charge on any atom is -0.508 e. The molecule has 1 N–H and O–H groups in total. The van der Waals surface area contributed by atoms with Crippen LogP contribution in [0.3, 0.4) is 0 Å². The van der Waals surface area contributed by atoms with Gasteiger partial charge in [0, 0.05) is 6.42 Å². The van der Waals surface area contributed by atoms with Gasteiger partial charge in [0.1, 0.15) is 17.1 Å². The van der Waals surface area contributed by atoms with Crippen LogP contribution in [0.2, 0.25) is 0 Å². The van der Waals surface area contributed by atoms with Crippen molar-refractivity contribution in [2.24, 2.45) is 0 Å². The lowest BCUT2D eigenvalue weighted by Crippen LogP contribution is -2.26. The summed E-state index contributed by atoms with van der Waals surface area (Å²) in [5.74, 6) is 0.648. The second-order valence-electron chi connectivity index (χ2n) is 5.98. The zero-order valence-corrected chi connectivity index (χ0v) is 13.0. The van der Waals surface area contributed by atoms with Crippen molar-refractivity contribution in [3.05, 3.63) is 59.7 Å². The number of aromatic hydroxyl groups is 1. The highest BCUT2D eigenvalue weighted by molar-refractivity contribution is 5.65. The average molecular weight is 300 g/mol. The van der Waals surface area contributed by atoms with Crippen molar-refractivity contribution in [2.45, 2.75) is 32.8 Å². The van der Waals surface area contributed by atoms with Crippen molar-refractivity contribution in [2.75, 3.05) is 0 Å². The molecule has 2 rings (SSSR count). The van der Waals surface area contributed by atoms with E-state index in [1.54, 1.807) is 45.0 Å². The van der Waals surface area contributed by atoms with Gasteiger partial charge in [-0.1, -0.05) is 36.4 Å².